The number of nitrogens with zero attached hydrogens (tertiary/aromatic N) is 3. The van der Waals surface area contributed by atoms with Gasteiger partial charge in [-0.1, -0.05) is 5.16 Å². The Kier molecular flexibility index (Phi) is 4.03. The van der Waals surface area contributed by atoms with E-state index in [1.807, 2.05) is 5.38 Å². The van der Waals surface area contributed by atoms with Crippen molar-refractivity contribution in [3.63, 3.8) is 0 Å². The largest absolute Gasteiger partial charge is 0.453 e. The molecular weight excluding hydrogens is 254 g/mol. The van der Waals surface area contributed by atoms with Gasteiger partial charge in [0.1, 0.15) is 0 Å². The number of rotatable bonds is 5. The van der Waals surface area contributed by atoms with E-state index in [9.17, 15) is 4.79 Å². The van der Waals surface area contributed by atoms with Gasteiger partial charge in [0.2, 0.25) is 0 Å². The van der Waals surface area contributed by atoms with Gasteiger partial charge >= 0.3 is 5.97 Å². The van der Waals surface area contributed by atoms with Crippen molar-refractivity contribution in [3.8, 4) is 0 Å². The fourth-order valence-electron chi connectivity index (χ4n) is 1.38. The van der Waals surface area contributed by atoms with Gasteiger partial charge in [0.05, 0.1) is 17.6 Å². The zero-order valence-corrected chi connectivity index (χ0v) is 10.9. The van der Waals surface area contributed by atoms with E-state index in [1.54, 1.807) is 19.4 Å². The molecule has 0 aliphatic heterocycles. The first kappa shape index (κ1) is 12.7. The van der Waals surface area contributed by atoms with Crippen LogP contribution in [0.4, 0.5) is 0 Å². The Morgan fingerprint density at radius 2 is 2.44 bits per heavy atom. The number of carbonyl (C=O) groups is 1. The molecule has 6 nitrogen and oxygen atoms in total. The lowest BCUT2D eigenvalue weighted by Crippen LogP contribution is -2.10. The van der Waals surface area contributed by atoms with Crippen LogP contribution in [-0.4, -0.2) is 21.1 Å². The van der Waals surface area contributed by atoms with Crippen LogP contribution in [0.15, 0.2) is 15.4 Å². The van der Waals surface area contributed by atoms with Gasteiger partial charge in [-0.15, -0.1) is 11.3 Å². The standard InChI is InChI=1S/C11H13N3O3S/c1-7(11-13-8(2)14-17-11)16-10(15)4-3-9-5-18-6-12-9/h5-7H,3-4H2,1-2H3. The first-order valence-electron chi connectivity index (χ1n) is 5.52. The zero-order valence-electron chi connectivity index (χ0n) is 10.1. The third-order valence-electron chi connectivity index (χ3n) is 2.27. The smallest absolute Gasteiger partial charge is 0.306 e. The van der Waals surface area contributed by atoms with Crippen molar-refractivity contribution in [1.82, 2.24) is 15.1 Å². The van der Waals surface area contributed by atoms with Crippen LogP contribution < -0.4 is 0 Å². The molecule has 0 aliphatic rings. The average Bonchev–Trinajstić information content (AvgIpc) is 2.97. The van der Waals surface area contributed by atoms with Crippen LogP contribution in [0.1, 0.15) is 36.9 Å². The first-order chi connectivity index (χ1) is 8.65. The number of ether oxygens (including phenoxy) is 1. The Morgan fingerprint density at radius 1 is 1.61 bits per heavy atom. The van der Waals surface area contributed by atoms with Crippen LogP contribution in [0.5, 0.6) is 0 Å². The fourth-order valence-corrected chi connectivity index (χ4v) is 1.97. The Balaban J connectivity index is 1.80. The molecule has 2 rings (SSSR count). The van der Waals surface area contributed by atoms with Gasteiger partial charge < -0.3 is 9.26 Å². The summed E-state index contributed by atoms with van der Waals surface area (Å²) >= 11 is 1.51. The lowest BCUT2D eigenvalue weighted by molar-refractivity contribution is -0.149. The van der Waals surface area contributed by atoms with Crippen molar-refractivity contribution in [2.45, 2.75) is 32.8 Å². The highest BCUT2D eigenvalue weighted by atomic mass is 32.1. The molecule has 0 N–H and O–H groups in total. The van der Waals surface area contributed by atoms with Crippen LogP contribution in [-0.2, 0) is 16.0 Å². The predicted octanol–water partition coefficient (Wildman–Crippen LogP) is 2.07. The Labute approximate surface area is 108 Å². The summed E-state index contributed by atoms with van der Waals surface area (Å²) in [6, 6.07) is 0. The van der Waals surface area contributed by atoms with Crippen LogP contribution in [0.2, 0.25) is 0 Å². The van der Waals surface area contributed by atoms with Gasteiger partial charge in [0.25, 0.3) is 5.89 Å². The Hall–Kier alpha value is -1.76. The van der Waals surface area contributed by atoms with Crippen LogP contribution in [0, 0.1) is 6.92 Å². The topological polar surface area (TPSA) is 78.1 Å². The van der Waals surface area contributed by atoms with Crippen LogP contribution in [0.3, 0.4) is 0 Å². The number of hydrogen-bond acceptors (Lipinski definition) is 7. The van der Waals surface area contributed by atoms with E-state index in [4.69, 9.17) is 9.26 Å². The van der Waals surface area contributed by atoms with E-state index >= 15 is 0 Å². The third-order valence-corrected chi connectivity index (χ3v) is 2.90. The van der Waals surface area contributed by atoms with E-state index in [1.165, 1.54) is 11.3 Å². The molecule has 1 unspecified atom stereocenters. The fraction of sp³-hybridized carbons (Fsp3) is 0.455. The van der Waals surface area contributed by atoms with Crippen molar-refractivity contribution in [2.75, 3.05) is 0 Å². The summed E-state index contributed by atoms with van der Waals surface area (Å²) in [4.78, 5) is 19.7. The molecule has 0 amide bonds. The number of esters is 1. The van der Waals surface area contributed by atoms with Crippen LogP contribution in [0.25, 0.3) is 0 Å². The second-order valence-corrected chi connectivity index (χ2v) is 4.51. The maximum atomic E-state index is 11.6. The summed E-state index contributed by atoms with van der Waals surface area (Å²) in [5, 5.41) is 5.56. The molecule has 0 saturated heterocycles. The number of hydrogen-bond donors (Lipinski definition) is 0. The molecule has 0 saturated carbocycles. The van der Waals surface area contributed by atoms with Crippen molar-refractivity contribution >= 4 is 17.3 Å². The molecule has 0 bridgehead atoms. The minimum Gasteiger partial charge on any atom is -0.453 e. The lowest BCUT2D eigenvalue weighted by atomic mass is 10.2. The highest BCUT2D eigenvalue weighted by Gasteiger charge is 2.17. The predicted molar refractivity (Wildman–Crippen MR) is 64.0 cm³/mol. The summed E-state index contributed by atoms with van der Waals surface area (Å²) in [5.74, 6) is 0.538. The molecule has 96 valence electrons. The van der Waals surface area contributed by atoms with Gasteiger partial charge in [0, 0.05) is 11.8 Å². The molecule has 2 aromatic rings. The molecule has 1 atom stereocenters. The highest BCUT2D eigenvalue weighted by molar-refractivity contribution is 7.07. The molecule has 0 aromatic carbocycles. The van der Waals surface area contributed by atoms with Crippen molar-refractivity contribution in [3.05, 3.63) is 28.3 Å². The monoisotopic (exact) mass is 267 g/mol. The van der Waals surface area contributed by atoms with Gasteiger partial charge in [-0.2, -0.15) is 4.98 Å². The summed E-state index contributed by atoms with van der Waals surface area (Å²) in [6.07, 6.45) is 0.355. The van der Waals surface area contributed by atoms with Crippen molar-refractivity contribution in [1.29, 1.82) is 0 Å². The maximum absolute atomic E-state index is 11.6. The number of aryl methyl sites for hydroxylation is 2. The highest BCUT2D eigenvalue weighted by Crippen LogP contribution is 2.15. The zero-order chi connectivity index (χ0) is 13.0. The maximum Gasteiger partial charge on any atom is 0.306 e. The average molecular weight is 267 g/mol. The molecule has 0 radical (unpaired) electrons. The van der Waals surface area contributed by atoms with E-state index in [2.05, 4.69) is 15.1 Å². The van der Waals surface area contributed by atoms with Gasteiger partial charge in [-0.25, -0.2) is 4.98 Å². The van der Waals surface area contributed by atoms with Gasteiger partial charge in [-0.05, 0) is 13.8 Å². The Bertz CT molecular complexity index is 509. The lowest BCUT2D eigenvalue weighted by Gasteiger charge is -2.08. The summed E-state index contributed by atoms with van der Waals surface area (Å²) in [5.41, 5.74) is 2.64. The molecular formula is C11H13N3O3S. The molecule has 0 fully saturated rings. The number of thiazole rings is 1. The molecule has 0 aliphatic carbocycles. The Morgan fingerprint density at radius 3 is 3.06 bits per heavy atom. The SMILES string of the molecule is Cc1noc(C(C)OC(=O)CCc2cscn2)n1. The van der Waals surface area contributed by atoms with E-state index in [-0.39, 0.29) is 5.97 Å². The summed E-state index contributed by atoms with van der Waals surface area (Å²) in [7, 11) is 0. The molecule has 0 spiro atoms. The van der Waals surface area contributed by atoms with Crippen molar-refractivity contribution in [2.24, 2.45) is 0 Å². The normalized spacial score (nSPS) is 12.3. The minimum absolute atomic E-state index is 0.293. The quantitative estimate of drug-likeness (QED) is 0.772. The minimum atomic E-state index is -0.519. The molecule has 2 heterocycles. The first-order valence-corrected chi connectivity index (χ1v) is 6.46. The van der Waals surface area contributed by atoms with Gasteiger partial charge in [0.15, 0.2) is 11.9 Å². The van der Waals surface area contributed by atoms with E-state index in [0.29, 0.717) is 24.6 Å². The van der Waals surface area contributed by atoms with E-state index in [0.717, 1.165) is 5.69 Å². The van der Waals surface area contributed by atoms with E-state index < -0.39 is 6.10 Å². The van der Waals surface area contributed by atoms with Crippen molar-refractivity contribution < 1.29 is 14.1 Å². The summed E-state index contributed by atoms with van der Waals surface area (Å²) < 4.78 is 10.1. The number of aromatic nitrogens is 3. The molecule has 18 heavy (non-hydrogen) atoms. The summed E-state index contributed by atoms with van der Waals surface area (Å²) in [6.45, 7) is 3.41. The molecule has 2 aromatic heterocycles. The second-order valence-electron chi connectivity index (χ2n) is 3.79. The third kappa shape index (κ3) is 3.36. The van der Waals surface area contributed by atoms with Crippen LogP contribution >= 0.6 is 11.3 Å². The van der Waals surface area contributed by atoms with Gasteiger partial charge in [-0.3, -0.25) is 4.79 Å². The number of carbonyl (C=O) groups excluding carboxylic acids is 1. The molecule has 7 heteroatoms. The second kappa shape index (κ2) is 5.72.